The molecule has 0 aliphatic carbocycles. The van der Waals surface area contributed by atoms with Gasteiger partial charge in [0.1, 0.15) is 17.6 Å². The first-order chi connectivity index (χ1) is 9.55. The maximum absolute atomic E-state index is 10.5. The number of methoxy groups -OCH3 is 2. The van der Waals surface area contributed by atoms with Gasteiger partial charge in [-0.05, 0) is 51.3 Å². The van der Waals surface area contributed by atoms with Crippen molar-refractivity contribution in [2.24, 2.45) is 0 Å². The van der Waals surface area contributed by atoms with Crippen molar-refractivity contribution >= 4 is 27.5 Å². The Morgan fingerprint density at radius 2 is 1.60 bits per heavy atom. The molecule has 0 aromatic heterocycles. The van der Waals surface area contributed by atoms with Gasteiger partial charge in [-0.2, -0.15) is 0 Å². The SMILES string of the molecule is COc1cc(OC)cc(C(O)c2ccc(Br)c(Cl)c2)c1. The van der Waals surface area contributed by atoms with Gasteiger partial charge in [-0.3, -0.25) is 0 Å². The lowest BCUT2D eigenvalue weighted by molar-refractivity contribution is 0.219. The number of benzene rings is 2. The van der Waals surface area contributed by atoms with Gasteiger partial charge in [0.05, 0.1) is 19.2 Å². The molecule has 20 heavy (non-hydrogen) atoms. The van der Waals surface area contributed by atoms with Crippen LogP contribution in [0.1, 0.15) is 17.2 Å². The molecule has 1 N–H and O–H groups in total. The largest absolute Gasteiger partial charge is 0.497 e. The summed E-state index contributed by atoms with van der Waals surface area (Å²) < 4.78 is 11.2. The summed E-state index contributed by atoms with van der Waals surface area (Å²) in [6, 6.07) is 10.6. The molecular weight excluding hydrogens is 344 g/mol. The van der Waals surface area contributed by atoms with Crippen molar-refractivity contribution in [3.8, 4) is 11.5 Å². The first-order valence-corrected chi connectivity index (χ1v) is 7.08. The molecule has 3 nitrogen and oxygen atoms in total. The summed E-state index contributed by atoms with van der Waals surface area (Å²) in [6.07, 6.45) is -0.801. The minimum Gasteiger partial charge on any atom is -0.497 e. The maximum atomic E-state index is 10.5. The quantitative estimate of drug-likeness (QED) is 0.891. The molecule has 2 aromatic carbocycles. The number of ether oxygens (including phenoxy) is 2. The molecule has 0 bridgehead atoms. The monoisotopic (exact) mass is 356 g/mol. The van der Waals surface area contributed by atoms with Gasteiger partial charge in [0.15, 0.2) is 0 Å². The zero-order valence-electron chi connectivity index (χ0n) is 11.1. The summed E-state index contributed by atoms with van der Waals surface area (Å²) in [5.74, 6) is 1.25. The molecule has 0 aliphatic rings. The number of halogens is 2. The summed E-state index contributed by atoms with van der Waals surface area (Å²) in [6.45, 7) is 0. The fourth-order valence-corrected chi connectivity index (χ4v) is 2.30. The van der Waals surface area contributed by atoms with Crippen LogP contribution in [-0.2, 0) is 0 Å². The van der Waals surface area contributed by atoms with E-state index in [0.717, 1.165) is 4.47 Å². The smallest absolute Gasteiger partial charge is 0.122 e. The van der Waals surface area contributed by atoms with Crippen LogP contribution in [0.15, 0.2) is 40.9 Å². The minimum atomic E-state index is -0.801. The van der Waals surface area contributed by atoms with Gasteiger partial charge in [-0.1, -0.05) is 17.7 Å². The van der Waals surface area contributed by atoms with Crippen molar-refractivity contribution < 1.29 is 14.6 Å². The molecular formula is C15H14BrClO3. The van der Waals surface area contributed by atoms with Crippen molar-refractivity contribution in [2.45, 2.75) is 6.10 Å². The molecule has 5 heteroatoms. The maximum Gasteiger partial charge on any atom is 0.122 e. The van der Waals surface area contributed by atoms with E-state index < -0.39 is 6.10 Å². The van der Waals surface area contributed by atoms with E-state index in [1.807, 2.05) is 6.07 Å². The second-order valence-electron chi connectivity index (χ2n) is 4.22. The molecule has 0 amide bonds. The second-order valence-corrected chi connectivity index (χ2v) is 5.48. The Morgan fingerprint density at radius 3 is 2.10 bits per heavy atom. The van der Waals surface area contributed by atoms with Crippen LogP contribution >= 0.6 is 27.5 Å². The van der Waals surface area contributed by atoms with Crippen LogP contribution in [0.3, 0.4) is 0 Å². The zero-order chi connectivity index (χ0) is 14.7. The van der Waals surface area contributed by atoms with Gasteiger partial charge in [0, 0.05) is 10.5 Å². The van der Waals surface area contributed by atoms with Crippen molar-refractivity contribution in [2.75, 3.05) is 14.2 Å². The summed E-state index contributed by atoms with van der Waals surface area (Å²) >= 11 is 9.38. The van der Waals surface area contributed by atoms with Crippen LogP contribution in [0, 0.1) is 0 Å². The molecule has 0 heterocycles. The van der Waals surface area contributed by atoms with Gasteiger partial charge in [0.2, 0.25) is 0 Å². The third-order valence-electron chi connectivity index (χ3n) is 2.95. The van der Waals surface area contributed by atoms with Crippen LogP contribution in [0.5, 0.6) is 11.5 Å². The highest BCUT2D eigenvalue weighted by atomic mass is 79.9. The first kappa shape index (κ1) is 15.2. The van der Waals surface area contributed by atoms with Crippen molar-refractivity contribution in [1.82, 2.24) is 0 Å². The molecule has 1 atom stereocenters. The highest BCUT2D eigenvalue weighted by Gasteiger charge is 2.14. The molecule has 0 saturated carbocycles. The second kappa shape index (κ2) is 6.48. The molecule has 1 unspecified atom stereocenters. The normalized spacial score (nSPS) is 12.1. The van der Waals surface area contributed by atoms with Crippen LogP contribution < -0.4 is 9.47 Å². The number of aliphatic hydroxyl groups is 1. The molecule has 0 saturated heterocycles. The van der Waals surface area contributed by atoms with E-state index in [1.165, 1.54) is 0 Å². The van der Waals surface area contributed by atoms with E-state index in [2.05, 4.69) is 15.9 Å². The van der Waals surface area contributed by atoms with Gasteiger partial charge in [-0.15, -0.1) is 0 Å². The first-order valence-electron chi connectivity index (χ1n) is 5.91. The molecule has 0 aliphatic heterocycles. The van der Waals surface area contributed by atoms with Crippen LogP contribution in [0.4, 0.5) is 0 Å². The molecule has 106 valence electrons. The Balaban J connectivity index is 2.41. The van der Waals surface area contributed by atoms with Crippen LogP contribution in [0.2, 0.25) is 5.02 Å². The van der Waals surface area contributed by atoms with E-state index in [9.17, 15) is 5.11 Å². The van der Waals surface area contributed by atoms with E-state index in [0.29, 0.717) is 27.6 Å². The van der Waals surface area contributed by atoms with E-state index >= 15 is 0 Å². The van der Waals surface area contributed by atoms with E-state index in [-0.39, 0.29) is 0 Å². The standard InChI is InChI=1S/C15H14BrClO3/c1-19-11-5-10(6-12(8-11)20-2)15(18)9-3-4-13(16)14(17)7-9/h3-8,15,18H,1-2H3. The Morgan fingerprint density at radius 1 is 1.00 bits per heavy atom. The van der Waals surface area contributed by atoms with Gasteiger partial charge in [0.25, 0.3) is 0 Å². The molecule has 0 fully saturated rings. The Hall–Kier alpha value is -1.23. The van der Waals surface area contributed by atoms with Gasteiger partial charge < -0.3 is 14.6 Å². The molecule has 2 rings (SSSR count). The summed E-state index contributed by atoms with van der Waals surface area (Å²) in [5, 5.41) is 11.0. The van der Waals surface area contributed by atoms with Crippen molar-refractivity contribution in [3.05, 3.63) is 57.0 Å². The number of aliphatic hydroxyl groups excluding tert-OH is 1. The molecule has 0 radical (unpaired) electrons. The van der Waals surface area contributed by atoms with Crippen LogP contribution in [0.25, 0.3) is 0 Å². The van der Waals surface area contributed by atoms with Gasteiger partial charge >= 0.3 is 0 Å². The van der Waals surface area contributed by atoms with E-state index in [1.54, 1.807) is 44.6 Å². The average molecular weight is 358 g/mol. The fraction of sp³-hybridized carbons (Fsp3) is 0.200. The summed E-state index contributed by atoms with van der Waals surface area (Å²) in [5.41, 5.74) is 1.38. The summed E-state index contributed by atoms with van der Waals surface area (Å²) in [4.78, 5) is 0. The Kier molecular flexibility index (Phi) is 4.91. The topological polar surface area (TPSA) is 38.7 Å². The Labute approximate surface area is 131 Å². The number of hydrogen-bond donors (Lipinski definition) is 1. The third-order valence-corrected chi connectivity index (χ3v) is 4.18. The highest BCUT2D eigenvalue weighted by molar-refractivity contribution is 9.10. The highest BCUT2D eigenvalue weighted by Crippen LogP contribution is 2.32. The fourth-order valence-electron chi connectivity index (χ4n) is 1.86. The summed E-state index contributed by atoms with van der Waals surface area (Å²) in [7, 11) is 3.14. The van der Waals surface area contributed by atoms with Gasteiger partial charge in [-0.25, -0.2) is 0 Å². The Bertz CT molecular complexity index is 594. The average Bonchev–Trinajstić information content (AvgIpc) is 2.48. The lowest BCUT2D eigenvalue weighted by Crippen LogP contribution is -2.01. The molecule has 2 aromatic rings. The van der Waals surface area contributed by atoms with Crippen molar-refractivity contribution in [1.29, 1.82) is 0 Å². The third kappa shape index (κ3) is 3.26. The van der Waals surface area contributed by atoms with E-state index in [4.69, 9.17) is 21.1 Å². The number of hydrogen-bond acceptors (Lipinski definition) is 3. The predicted octanol–water partition coefficient (Wildman–Crippen LogP) is 4.20. The lowest BCUT2D eigenvalue weighted by Gasteiger charge is -2.15. The minimum absolute atomic E-state index is 0.552. The number of rotatable bonds is 4. The lowest BCUT2D eigenvalue weighted by atomic mass is 10.0. The van der Waals surface area contributed by atoms with Crippen LogP contribution in [-0.4, -0.2) is 19.3 Å². The van der Waals surface area contributed by atoms with Crippen molar-refractivity contribution in [3.63, 3.8) is 0 Å². The molecule has 0 spiro atoms. The predicted molar refractivity (Wildman–Crippen MR) is 82.8 cm³/mol. The zero-order valence-corrected chi connectivity index (χ0v) is 13.4.